The molecule has 0 N–H and O–H groups in total. The molecule has 2 aliphatic heterocycles. The maximum atomic E-state index is 12.5. The van der Waals surface area contributed by atoms with Crippen molar-refractivity contribution >= 4 is 23.5 Å². The summed E-state index contributed by atoms with van der Waals surface area (Å²) in [6.45, 7) is 2.43. The number of imide groups is 2. The number of hydrogen-bond donors (Lipinski definition) is 0. The first-order chi connectivity index (χ1) is 11.1. The van der Waals surface area contributed by atoms with E-state index in [1.54, 1.807) is 24.3 Å². The van der Waals surface area contributed by atoms with Crippen LogP contribution in [0.25, 0.3) is 0 Å². The van der Waals surface area contributed by atoms with Gasteiger partial charge in [-0.25, -0.2) is 14.6 Å². The smallest absolute Gasteiger partial charge is 0.340 e. The first kappa shape index (κ1) is 15.4. The van der Waals surface area contributed by atoms with E-state index in [-0.39, 0.29) is 6.67 Å². The number of urea groups is 1. The van der Waals surface area contributed by atoms with Crippen LogP contribution in [0.2, 0.25) is 0 Å². The fourth-order valence-corrected chi connectivity index (χ4v) is 2.53. The lowest BCUT2D eigenvalue weighted by atomic mass is 10.3. The molecule has 0 radical (unpaired) electrons. The molecule has 0 aliphatic carbocycles. The van der Waals surface area contributed by atoms with Gasteiger partial charge in [-0.2, -0.15) is 0 Å². The summed E-state index contributed by atoms with van der Waals surface area (Å²) in [6.07, 6.45) is 0. The van der Waals surface area contributed by atoms with Crippen LogP contribution in [0.5, 0.6) is 5.75 Å². The van der Waals surface area contributed by atoms with Crippen molar-refractivity contribution in [2.24, 2.45) is 0 Å². The van der Waals surface area contributed by atoms with Crippen molar-refractivity contribution in [3.8, 4) is 5.75 Å². The topological polar surface area (TPSA) is 79.4 Å². The molecule has 23 heavy (non-hydrogen) atoms. The number of ether oxygens (including phenoxy) is 2. The number of carbonyl (C=O) groups is 3. The maximum absolute atomic E-state index is 12.5. The van der Waals surface area contributed by atoms with Crippen molar-refractivity contribution < 1.29 is 23.9 Å². The molecule has 2 heterocycles. The number of benzene rings is 1. The highest BCUT2D eigenvalue weighted by Gasteiger charge is 2.45. The van der Waals surface area contributed by atoms with Crippen LogP contribution >= 0.6 is 0 Å². The second kappa shape index (κ2) is 6.35. The summed E-state index contributed by atoms with van der Waals surface area (Å²) in [5.41, 5.74) is 0.346. The molecule has 2 aliphatic rings. The summed E-state index contributed by atoms with van der Waals surface area (Å²) in [6, 6.07) is 5.77. The molecule has 0 saturated carbocycles. The van der Waals surface area contributed by atoms with E-state index in [2.05, 4.69) is 0 Å². The molecule has 2 saturated heterocycles. The summed E-state index contributed by atoms with van der Waals surface area (Å²) in [5.74, 6) is -1.05. The van der Waals surface area contributed by atoms with Gasteiger partial charge in [0.2, 0.25) is 0 Å². The van der Waals surface area contributed by atoms with Gasteiger partial charge in [-0.1, -0.05) is 0 Å². The van der Waals surface area contributed by atoms with Gasteiger partial charge in [0.15, 0.2) is 0 Å². The van der Waals surface area contributed by atoms with Gasteiger partial charge in [0.1, 0.15) is 5.75 Å². The quantitative estimate of drug-likeness (QED) is 0.586. The maximum Gasteiger partial charge on any atom is 0.340 e. The van der Waals surface area contributed by atoms with Crippen LogP contribution in [-0.4, -0.2) is 67.7 Å². The lowest BCUT2D eigenvalue weighted by Crippen LogP contribution is -2.46. The average molecular weight is 319 g/mol. The van der Waals surface area contributed by atoms with E-state index >= 15 is 0 Å². The molecule has 0 aromatic heterocycles. The van der Waals surface area contributed by atoms with Crippen molar-refractivity contribution in [2.45, 2.75) is 0 Å². The Morgan fingerprint density at radius 3 is 2.30 bits per heavy atom. The van der Waals surface area contributed by atoms with Crippen LogP contribution in [0, 0.1) is 0 Å². The number of amides is 4. The Bertz CT molecular complexity index is 625. The summed E-state index contributed by atoms with van der Waals surface area (Å²) >= 11 is 0. The fraction of sp³-hybridized carbons (Fsp3) is 0.400. The normalized spacial score (nSPS) is 19.6. The Labute approximate surface area is 133 Å². The third-order valence-corrected chi connectivity index (χ3v) is 3.83. The van der Waals surface area contributed by atoms with Gasteiger partial charge in [-0.05, 0) is 24.3 Å². The fourth-order valence-electron chi connectivity index (χ4n) is 2.53. The van der Waals surface area contributed by atoms with Gasteiger partial charge in [-0.15, -0.1) is 0 Å². The summed E-state index contributed by atoms with van der Waals surface area (Å²) in [7, 11) is 1.52. The van der Waals surface area contributed by atoms with Gasteiger partial charge < -0.3 is 9.47 Å². The van der Waals surface area contributed by atoms with Crippen LogP contribution in [-0.2, 0) is 14.3 Å². The first-order valence-corrected chi connectivity index (χ1v) is 7.26. The van der Waals surface area contributed by atoms with E-state index in [1.807, 2.05) is 4.90 Å². The number of rotatable bonds is 4. The molecule has 4 amide bonds. The molecule has 1 aromatic carbocycles. The molecule has 0 atom stereocenters. The number of morpholine rings is 1. The number of nitrogens with zero attached hydrogens (tertiary/aromatic N) is 3. The third kappa shape index (κ3) is 2.90. The Balaban J connectivity index is 1.78. The number of methoxy groups -OCH3 is 1. The predicted molar refractivity (Wildman–Crippen MR) is 80.0 cm³/mol. The highest BCUT2D eigenvalue weighted by Crippen LogP contribution is 2.24. The van der Waals surface area contributed by atoms with Crippen LogP contribution in [0.4, 0.5) is 10.5 Å². The molecular weight excluding hydrogens is 302 g/mol. The molecule has 1 aromatic rings. The zero-order chi connectivity index (χ0) is 16.4. The minimum atomic E-state index is -0.839. The van der Waals surface area contributed by atoms with E-state index < -0.39 is 17.8 Å². The molecule has 3 rings (SSSR count). The Morgan fingerprint density at radius 2 is 1.70 bits per heavy atom. The molecule has 0 bridgehead atoms. The lowest BCUT2D eigenvalue weighted by molar-refractivity contribution is -0.140. The van der Waals surface area contributed by atoms with Crippen molar-refractivity contribution in [3.05, 3.63) is 24.3 Å². The minimum Gasteiger partial charge on any atom is -0.497 e. The number of anilines is 1. The average Bonchev–Trinajstić information content (AvgIpc) is 2.80. The van der Waals surface area contributed by atoms with Crippen molar-refractivity contribution in [3.63, 3.8) is 0 Å². The van der Waals surface area contributed by atoms with Crippen molar-refractivity contribution in [1.82, 2.24) is 9.80 Å². The van der Waals surface area contributed by atoms with Gasteiger partial charge in [-0.3, -0.25) is 14.5 Å². The molecule has 2 fully saturated rings. The third-order valence-electron chi connectivity index (χ3n) is 3.83. The zero-order valence-electron chi connectivity index (χ0n) is 12.7. The Morgan fingerprint density at radius 1 is 1.04 bits per heavy atom. The Hall–Kier alpha value is -2.45. The van der Waals surface area contributed by atoms with E-state index in [1.165, 1.54) is 7.11 Å². The molecule has 122 valence electrons. The SMILES string of the molecule is COc1ccc(N2C(=O)C(=O)N(CN3CCOCC3)C2=O)cc1. The summed E-state index contributed by atoms with van der Waals surface area (Å²) in [5, 5.41) is 0. The zero-order valence-corrected chi connectivity index (χ0v) is 12.7. The molecule has 0 unspecified atom stereocenters. The van der Waals surface area contributed by atoms with Crippen molar-refractivity contribution in [2.75, 3.05) is 45.0 Å². The van der Waals surface area contributed by atoms with Gasteiger partial charge in [0.05, 0.1) is 32.7 Å². The summed E-state index contributed by atoms with van der Waals surface area (Å²) < 4.78 is 10.3. The highest BCUT2D eigenvalue weighted by atomic mass is 16.5. The number of hydrogen-bond acceptors (Lipinski definition) is 6. The van der Waals surface area contributed by atoms with Crippen LogP contribution < -0.4 is 9.64 Å². The number of carbonyl (C=O) groups excluding carboxylic acids is 3. The second-order valence-electron chi connectivity index (χ2n) is 5.23. The van der Waals surface area contributed by atoms with Gasteiger partial charge >= 0.3 is 17.8 Å². The Kier molecular flexibility index (Phi) is 4.26. The van der Waals surface area contributed by atoms with E-state index in [0.29, 0.717) is 37.7 Å². The standard InChI is InChI=1S/C15H17N3O5/c1-22-12-4-2-11(3-5-12)18-14(20)13(19)17(15(18)21)10-16-6-8-23-9-7-16/h2-5H,6-10H2,1H3. The monoisotopic (exact) mass is 319 g/mol. The summed E-state index contributed by atoms with van der Waals surface area (Å²) in [4.78, 5) is 40.5. The van der Waals surface area contributed by atoms with Crippen molar-refractivity contribution in [1.29, 1.82) is 0 Å². The lowest BCUT2D eigenvalue weighted by Gasteiger charge is -2.29. The van der Waals surface area contributed by atoms with E-state index in [4.69, 9.17) is 9.47 Å². The van der Waals surface area contributed by atoms with Crippen LogP contribution in [0.3, 0.4) is 0 Å². The minimum absolute atomic E-state index is 0.0966. The van der Waals surface area contributed by atoms with Crippen LogP contribution in [0.1, 0.15) is 0 Å². The van der Waals surface area contributed by atoms with Crippen LogP contribution in [0.15, 0.2) is 24.3 Å². The van der Waals surface area contributed by atoms with E-state index in [9.17, 15) is 14.4 Å². The van der Waals surface area contributed by atoms with E-state index in [0.717, 1.165) is 9.80 Å². The highest BCUT2D eigenvalue weighted by molar-refractivity contribution is 6.52. The molecule has 8 heteroatoms. The second-order valence-corrected chi connectivity index (χ2v) is 5.23. The van der Waals surface area contributed by atoms with Gasteiger partial charge in [0.25, 0.3) is 0 Å². The molecule has 8 nitrogen and oxygen atoms in total. The largest absolute Gasteiger partial charge is 0.497 e. The molecular formula is C15H17N3O5. The predicted octanol–water partition coefficient (Wildman–Crippen LogP) is 0.280. The molecule has 0 spiro atoms. The first-order valence-electron chi connectivity index (χ1n) is 7.26. The van der Waals surface area contributed by atoms with Gasteiger partial charge in [0, 0.05) is 13.1 Å².